The van der Waals surface area contributed by atoms with Gasteiger partial charge >= 0.3 is 6.09 Å². The van der Waals surface area contributed by atoms with Crippen molar-refractivity contribution in [3.8, 4) is 0 Å². The lowest BCUT2D eigenvalue weighted by molar-refractivity contribution is 0.177. The van der Waals surface area contributed by atoms with Crippen LogP contribution >= 0.6 is 22.6 Å². The number of hydrogen-bond donors (Lipinski definition) is 1. The number of halogens is 1. The minimum absolute atomic E-state index is 0.0159. The second-order valence-electron chi connectivity index (χ2n) is 2.85. The van der Waals surface area contributed by atoms with E-state index in [0.717, 1.165) is 9.13 Å². The van der Waals surface area contributed by atoms with Gasteiger partial charge in [0.05, 0.1) is 6.04 Å². The summed E-state index contributed by atoms with van der Waals surface area (Å²) in [5.41, 5.74) is 1.10. The number of alkyl carbamates (subject to hydrolysis) is 1. The van der Waals surface area contributed by atoms with E-state index in [1.165, 1.54) is 0 Å². The highest BCUT2D eigenvalue weighted by atomic mass is 127. The number of benzene rings is 1. The molecule has 0 radical (unpaired) electrons. The van der Waals surface area contributed by atoms with Crippen LogP contribution < -0.4 is 5.32 Å². The maximum Gasteiger partial charge on any atom is 0.407 e. The second-order valence-corrected chi connectivity index (χ2v) is 4.10. The zero-order valence-corrected chi connectivity index (χ0v) is 8.95. The van der Waals surface area contributed by atoms with Crippen LogP contribution in [0.15, 0.2) is 24.3 Å². The fourth-order valence-electron chi connectivity index (χ4n) is 1.29. The van der Waals surface area contributed by atoms with E-state index in [0.29, 0.717) is 6.61 Å². The molecular formula is C9H8INO2. The minimum Gasteiger partial charge on any atom is -0.447 e. The van der Waals surface area contributed by atoms with Gasteiger partial charge in [-0.15, -0.1) is 0 Å². The van der Waals surface area contributed by atoms with Crippen LogP contribution in [-0.2, 0) is 4.74 Å². The fourth-order valence-corrected chi connectivity index (χ4v) is 1.85. The standard InChI is InChI=1S/C9H8INO2/c10-7-3-1-2-6(4-7)8-5-13-9(12)11-8/h1-4,8H,5H2,(H,11,12)/t8-/m1/s1. The molecule has 4 heteroatoms. The molecule has 0 spiro atoms. The van der Waals surface area contributed by atoms with E-state index in [2.05, 4.69) is 27.9 Å². The predicted molar refractivity (Wildman–Crippen MR) is 56.4 cm³/mol. The number of amides is 1. The van der Waals surface area contributed by atoms with Crippen LogP contribution in [0.1, 0.15) is 11.6 Å². The first kappa shape index (κ1) is 8.80. The molecule has 1 N–H and O–H groups in total. The third-order valence-electron chi connectivity index (χ3n) is 1.92. The molecule has 1 heterocycles. The van der Waals surface area contributed by atoms with Gasteiger partial charge in [-0.05, 0) is 40.3 Å². The summed E-state index contributed by atoms with van der Waals surface area (Å²) in [5, 5.41) is 2.73. The van der Waals surface area contributed by atoms with Crippen LogP contribution in [0.4, 0.5) is 4.79 Å². The van der Waals surface area contributed by atoms with Gasteiger partial charge in [-0.1, -0.05) is 12.1 Å². The van der Waals surface area contributed by atoms with Gasteiger partial charge in [0.1, 0.15) is 6.61 Å². The summed E-state index contributed by atoms with van der Waals surface area (Å²) >= 11 is 2.24. The molecule has 1 atom stereocenters. The molecule has 0 aromatic heterocycles. The van der Waals surface area contributed by atoms with Crippen molar-refractivity contribution in [2.45, 2.75) is 6.04 Å². The largest absolute Gasteiger partial charge is 0.447 e. The summed E-state index contributed by atoms with van der Waals surface area (Å²) < 4.78 is 5.97. The highest BCUT2D eigenvalue weighted by molar-refractivity contribution is 14.1. The zero-order chi connectivity index (χ0) is 9.26. The number of ether oxygens (including phenoxy) is 1. The van der Waals surface area contributed by atoms with E-state index in [-0.39, 0.29) is 12.1 Å². The maximum absolute atomic E-state index is 10.8. The van der Waals surface area contributed by atoms with Gasteiger partial charge in [-0.25, -0.2) is 4.79 Å². The number of cyclic esters (lactones) is 1. The molecule has 1 fully saturated rings. The number of rotatable bonds is 1. The first-order valence-corrected chi connectivity index (χ1v) is 5.02. The van der Waals surface area contributed by atoms with Gasteiger partial charge in [0.15, 0.2) is 0 Å². The Morgan fingerprint density at radius 1 is 1.54 bits per heavy atom. The van der Waals surface area contributed by atoms with Crippen molar-refractivity contribution in [3.63, 3.8) is 0 Å². The molecule has 0 saturated carbocycles. The monoisotopic (exact) mass is 289 g/mol. The average Bonchev–Trinajstić information content (AvgIpc) is 2.52. The number of carbonyl (C=O) groups excluding carboxylic acids is 1. The van der Waals surface area contributed by atoms with Crippen LogP contribution in [0.25, 0.3) is 0 Å². The Labute approximate surface area is 89.6 Å². The molecule has 13 heavy (non-hydrogen) atoms. The van der Waals surface area contributed by atoms with Crippen molar-refractivity contribution < 1.29 is 9.53 Å². The molecule has 2 rings (SSSR count). The van der Waals surface area contributed by atoms with Crippen LogP contribution in [-0.4, -0.2) is 12.7 Å². The Kier molecular flexibility index (Phi) is 2.39. The molecule has 0 bridgehead atoms. The molecule has 1 amide bonds. The fraction of sp³-hybridized carbons (Fsp3) is 0.222. The van der Waals surface area contributed by atoms with Crippen LogP contribution in [0.3, 0.4) is 0 Å². The second kappa shape index (κ2) is 3.53. The maximum atomic E-state index is 10.8. The summed E-state index contributed by atoms with van der Waals surface area (Å²) in [6.45, 7) is 0.429. The molecular weight excluding hydrogens is 281 g/mol. The number of carbonyl (C=O) groups is 1. The minimum atomic E-state index is -0.330. The highest BCUT2D eigenvalue weighted by Crippen LogP contribution is 2.19. The summed E-state index contributed by atoms with van der Waals surface area (Å²) in [4.78, 5) is 10.8. The highest BCUT2D eigenvalue weighted by Gasteiger charge is 2.23. The molecule has 1 aromatic carbocycles. The number of nitrogens with one attached hydrogen (secondary N) is 1. The van der Waals surface area contributed by atoms with Crippen molar-refractivity contribution in [1.82, 2.24) is 5.32 Å². The van der Waals surface area contributed by atoms with Crippen molar-refractivity contribution in [2.24, 2.45) is 0 Å². The smallest absolute Gasteiger partial charge is 0.407 e. The molecule has 1 aromatic rings. The van der Waals surface area contributed by atoms with E-state index in [4.69, 9.17) is 4.74 Å². The Balaban J connectivity index is 2.21. The molecule has 0 unspecified atom stereocenters. The Morgan fingerprint density at radius 3 is 3.00 bits per heavy atom. The quantitative estimate of drug-likeness (QED) is 0.804. The first-order chi connectivity index (χ1) is 6.25. The molecule has 1 saturated heterocycles. The van der Waals surface area contributed by atoms with Gasteiger partial charge < -0.3 is 10.1 Å². The van der Waals surface area contributed by atoms with E-state index in [9.17, 15) is 4.79 Å². The van der Waals surface area contributed by atoms with Gasteiger partial charge in [0.25, 0.3) is 0 Å². The zero-order valence-electron chi connectivity index (χ0n) is 6.79. The normalized spacial score (nSPS) is 21.0. The average molecular weight is 289 g/mol. The van der Waals surface area contributed by atoms with Crippen molar-refractivity contribution in [1.29, 1.82) is 0 Å². The number of hydrogen-bond acceptors (Lipinski definition) is 2. The van der Waals surface area contributed by atoms with Crippen molar-refractivity contribution in [3.05, 3.63) is 33.4 Å². The van der Waals surface area contributed by atoms with E-state index in [1.807, 2.05) is 24.3 Å². The first-order valence-electron chi connectivity index (χ1n) is 3.94. The summed E-state index contributed by atoms with van der Waals surface area (Å²) in [6.07, 6.45) is -0.330. The van der Waals surface area contributed by atoms with Crippen molar-refractivity contribution >= 4 is 28.7 Å². The Morgan fingerprint density at radius 2 is 2.38 bits per heavy atom. The van der Waals surface area contributed by atoms with E-state index in [1.54, 1.807) is 0 Å². The molecule has 1 aliphatic heterocycles. The predicted octanol–water partition coefficient (Wildman–Crippen LogP) is 2.07. The molecule has 1 aliphatic rings. The lowest BCUT2D eigenvalue weighted by Gasteiger charge is -2.06. The molecule has 0 aliphatic carbocycles. The van der Waals surface area contributed by atoms with Gasteiger partial charge in [0, 0.05) is 3.57 Å². The third kappa shape index (κ3) is 1.93. The summed E-state index contributed by atoms with van der Waals surface area (Å²) in [6, 6.07) is 8.04. The summed E-state index contributed by atoms with van der Waals surface area (Å²) in [7, 11) is 0. The Hall–Kier alpha value is -0.780. The summed E-state index contributed by atoms with van der Waals surface area (Å²) in [5.74, 6) is 0. The SMILES string of the molecule is O=C1N[C@@H](c2cccc(I)c2)CO1. The lowest BCUT2D eigenvalue weighted by Crippen LogP contribution is -2.18. The van der Waals surface area contributed by atoms with E-state index < -0.39 is 0 Å². The van der Waals surface area contributed by atoms with Gasteiger partial charge in [-0.3, -0.25) is 0 Å². The van der Waals surface area contributed by atoms with Gasteiger partial charge in [-0.2, -0.15) is 0 Å². The van der Waals surface area contributed by atoms with E-state index >= 15 is 0 Å². The van der Waals surface area contributed by atoms with Crippen molar-refractivity contribution in [2.75, 3.05) is 6.61 Å². The third-order valence-corrected chi connectivity index (χ3v) is 2.60. The lowest BCUT2D eigenvalue weighted by atomic mass is 10.1. The Bertz CT molecular complexity index is 340. The van der Waals surface area contributed by atoms with Crippen LogP contribution in [0.5, 0.6) is 0 Å². The van der Waals surface area contributed by atoms with Crippen LogP contribution in [0, 0.1) is 3.57 Å². The van der Waals surface area contributed by atoms with Gasteiger partial charge in [0.2, 0.25) is 0 Å². The molecule has 68 valence electrons. The van der Waals surface area contributed by atoms with Crippen LogP contribution in [0.2, 0.25) is 0 Å². The topological polar surface area (TPSA) is 38.3 Å². The molecule has 3 nitrogen and oxygen atoms in total.